The monoisotopic (exact) mass is 371 g/mol. The standard InChI is InChI=1S/C21H17N5O2/c1-13-10-18(26-28-13)21(2,27)9-8-14-4-3-5-15(11-14)16-6-7-17-19(25-16)20(22)24-12-23-17/h3-7,10-12,27H,1-2H3,(H2,22,23,24). The average Bonchev–Trinajstić information content (AvgIpc) is 3.14. The van der Waals surface area contributed by atoms with Crippen LogP contribution in [0.5, 0.6) is 0 Å². The van der Waals surface area contributed by atoms with Crippen molar-refractivity contribution in [1.82, 2.24) is 20.1 Å². The third kappa shape index (κ3) is 3.41. The molecule has 1 atom stereocenters. The lowest BCUT2D eigenvalue weighted by atomic mass is 10.0. The first-order valence-corrected chi connectivity index (χ1v) is 8.59. The number of aromatic nitrogens is 4. The van der Waals surface area contributed by atoms with Crippen molar-refractivity contribution in [2.45, 2.75) is 19.4 Å². The van der Waals surface area contributed by atoms with E-state index in [1.165, 1.54) is 6.33 Å². The molecule has 7 nitrogen and oxygen atoms in total. The molecule has 3 aromatic heterocycles. The fourth-order valence-electron chi connectivity index (χ4n) is 2.73. The Labute approximate surface area is 161 Å². The smallest absolute Gasteiger partial charge is 0.168 e. The van der Waals surface area contributed by atoms with Gasteiger partial charge in [0.1, 0.15) is 23.3 Å². The zero-order valence-corrected chi connectivity index (χ0v) is 15.3. The topological polar surface area (TPSA) is 111 Å². The van der Waals surface area contributed by atoms with Crippen LogP contribution in [-0.2, 0) is 5.60 Å². The molecule has 4 aromatic rings. The van der Waals surface area contributed by atoms with Crippen molar-refractivity contribution >= 4 is 16.9 Å². The Balaban J connectivity index is 1.69. The molecule has 1 aromatic carbocycles. The van der Waals surface area contributed by atoms with Crippen molar-refractivity contribution in [2.75, 3.05) is 5.73 Å². The number of aryl methyl sites for hydroxylation is 1. The van der Waals surface area contributed by atoms with E-state index in [9.17, 15) is 5.11 Å². The molecule has 0 spiro atoms. The number of benzene rings is 1. The summed E-state index contributed by atoms with van der Waals surface area (Å²) in [5, 5.41) is 14.4. The van der Waals surface area contributed by atoms with Crippen molar-refractivity contribution in [2.24, 2.45) is 0 Å². The first-order valence-electron chi connectivity index (χ1n) is 8.59. The van der Waals surface area contributed by atoms with Crippen molar-refractivity contribution in [3.63, 3.8) is 0 Å². The summed E-state index contributed by atoms with van der Waals surface area (Å²) < 4.78 is 5.02. The predicted molar refractivity (Wildman–Crippen MR) is 105 cm³/mol. The Morgan fingerprint density at radius 3 is 2.79 bits per heavy atom. The minimum absolute atomic E-state index is 0.335. The number of aliphatic hydroxyl groups is 1. The fourth-order valence-corrected chi connectivity index (χ4v) is 2.73. The molecule has 0 bridgehead atoms. The van der Waals surface area contributed by atoms with Gasteiger partial charge in [0, 0.05) is 17.2 Å². The molecule has 0 aliphatic carbocycles. The summed E-state index contributed by atoms with van der Waals surface area (Å²) in [6, 6.07) is 13.0. The van der Waals surface area contributed by atoms with Gasteiger partial charge in [0.05, 0.1) is 11.2 Å². The SMILES string of the molecule is Cc1cc(C(C)(O)C#Cc2cccc(-c3ccc4ncnc(N)c4n3)c2)no1. The first kappa shape index (κ1) is 17.6. The second-order valence-corrected chi connectivity index (χ2v) is 6.55. The van der Waals surface area contributed by atoms with Gasteiger partial charge in [0.15, 0.2) is 11.4 Å². The first-order chi connectivity index (χ1) is 13.4. The number of anilines is 1. The highest BCUT2D eigenvalue weighted by Crippen LogP contribution is 2.23. The minimum Gasteiger partial charge on any atom is -0.382 e. The molecule has 0 aliphatic rings. The molecule has 0 amide bonds. The molecular weight excluding hydrogens is 354 g/mol. The molecule has 0 saturated carbocycles. The average molecular weight is 371 g/mol. The lowest BCUT2D eigenvalue weighted by Crippen LogP contribution is -2.18. The maximum atomic E-state index is 10.6. The van der Waals surface area contributed by atoms with E-state index in [-0.39, 0.29) is 0 Å². The normalized spacial score (nSPS) is 13.0. The molecule has 0 radical (unpaired) electrons. The van der Waals surface area contributed by atoms with Crippen LogP contribution >= 0.6 is 0 Å². The van der Waals surface area contributed by atoms with E-state index in [0.29, 0.717) is 28.3 Å². The van der Waals surface area contributed by atoms with Crippen molar-refractivity contribution in [3.8, 4) is 23.1 Å². The van der Waals surface area contributed by atoms with Crippen LogP contribution in [0.1, 0.15) is 23.9 Å². The maximum absolute atomic E-state index is 10.6. The van der Waals surface area contributed by atoms with Gasteiger partial charge in [-0.1, -0.05) is 29.1 Å². The quantitative estimate of drug-likeness (QED) is 0.521. The third-order valence-corrected chi connectivity index (χ3v) is 4.25. The molecule has 1 unspecified atom stereocenters. The summed E-state index contributed by atoms with van der Waals surface area (Å²) in [6.45, 7) is 3.34. The summed E-state index contributed by atoms with van der Waals surface area (Å²) in [6.07, 6.45) is 1.41. The second-order valence-electron chi connectivity index (χ2n) is 6.55. The molecular formula is C21H17N5O2. The van der Waals surface area contributed by atoms with Gasteiger partial charge in [0.25, 0.3) is 0 Å². The minimum atomic E-state index is -1.42. The van der Waals surface area contributed by atoms with Crippen LogP contribution in [0.2, 0.25) is 0 Å². The molecule has 7 heteroatoms. The van der Waals surface area contributed by atoms with Gasteiger partial charge < -0.3 is 15.4 Å². The van der Waals surface area contributed by atoms with E-state index >= 15 is 0 Å². The number of pyridine rings is 1. The molecule has 0 fully saturated rings. The summed E-state index contributed by atoms with van der Waals surface area (Å²) in [5.41, 5.74) is 8.45. The number of nitrogens with two attached hydrogens (primary N) is 1. The Morgan fingerprint density at radius 2 is 2.00 bits per heavy atom. The third-order valence-electron chi connectivity index (χ3n) is 4.25. The van der Waals surface area contributed by atoms with Gasteiger partial charge in [-0.25, -0.2) is 15.0 Å². The van der Waals surface area contributed by atoms with Crippen molar-refractivity contribution < 1.29 is 9.63 Å². The number of fused-ring (bicyclic) bond motifs is 1. The molecule has 3 N–H and O–H groups in total. The van der Waals surface area contributed by atoms with Crippen molar-refractivity contribution in [1.29, 1.82) is 0 Å². The zero-order valence-electron chi connectivity index (χ0n) is 15.3. The van der Waals surface area contributed by atoms with Crippen molar-refractivity contribution in [3.05, 3.63) is 65.8 Å². The number of hydrogen-bond donors (Lipinski definition) is 2. The van der Waals surface area contributed by atoms with Crippen LogP contribution in [0.3, 0.4) is 0 Å². The highest BCUT2D eigenvalue weighted by atomic mass is 16.5. The van der Waals surface area contributed by atoms with E-state index < -0.39 is 5.60 Å². The number of hydrogen-bond acceptors (Lipinski definition) is 7. The summed E-state index contributed by atoms with van der Waals surface area (Å²) >= 11 is 0. The summed E-state index contributed by atoms with van der Waals surface area (Å²) in [5.74, 6) is 6.79. The predicted octanol–water partition coefficient (Wildman–Crippen LogP) is 2.83. The van der Waals surface area contributed by atoms with Gasteiger partial charge in [-0.05, 0) is 38.1 Å². The maximum Gasteiger partial charge on any atom is 0.168 e. The van der Waals surface area contributed by atoms with E-state index in [0.717, 1.165) is 16.8 Å². The van der Waals surface area contributed by atoms with Crippen LogP contribution in [0.25, 0.3) is 22.3 Å². The van der Waals surface area contributed by atoms with Crippen LogP contribution in [-0.4, -0.2) is 25.2 Å². The Kier molecular flexibility index (Phi) is 4.26. The van der Waals surface area contributed by atoms with E-state index in [1.54, 1.807) is 19.9 Å². The van der Waals surface area contributed by atoms with Crippen LogP contribution in [0.15, 0.2) is 53.3 Å². The largest absolute Gasteiger partial charge is 0.382 e. The molecule has 28 heavy (non-hydrogen) atoms. The molecule has 3 heterocycles. The summed E-state index contributed by atoms with van der Waals surface area (Å²) in [4.78, 5) is 12.7. The summed E-state index contributed by atoms with van der Waals surface area (Å²) in [7, 11) is 0. The van der Waals surface area contributed by atoms with Gasteiger partial charge in [0.2, 0.25) is 0 Å². The van der Waals surface area contributed by atoms with Crippen LogP contribution in [0, 0.1) is 18.8 Å². The lowest BCUT2D eigenvalue weighted by Gasteiger charge is -2.11. The highest BCUT2D eigenvalue weighted by molar-refractivity contribution is 5.85. The van der Waals surface area contributed by atoms with Gasteiger partial charge in [-0.15, -0.1) is 0 Å². The van der Waals surface area contributed by atoms with Gasteiger partial charge in [-0.3, -0.25) is 0 Å². The fraction of sp³-hybridized carbons (Fsp3) is 0.143. The Hall–Kier alpha value is -3.76. The van der Waals surface area contributed by atoms with E-state index in [1.807, 2.05) is 36.4 Å². The molecule has 0 aliphatic heterocycles. The molecule has 138 valence electrons. The Bertz CT molecular complexity index is 1230. The Morgan fingerprint density at radius 1 is 1.14 bits per heavy atom. The van der Waals surface area contributed by atoms with Crippen LogP contribution < -0.4 is 5.73 Å². The van der Waals surface area contributed by atoms with E-state index in [2.05, 4.69) is 31.9 Å². The molecule has 0 saturated heterocycles. The number of nitrogen functional groups attached to an aromatic ring is 1. The van der Waals surface area contributed by atoms with Gasteiger partial charge >= 0.3 is 0 Å². The lowest BCUT2D eigenvalue weighted by molar-refractivity contribution is 0.112. The number of rotatable bonds is 2. The second kappa shape index (κ2) is 6.76. The van der Waals surface area contributed by atoms with Gasteiger partial charge in [-0.2, -0.15) is 0 Å². The zero-order chi connectivity index (χ0) is 19.7. The van der Waals surface area contributed by atoms with E-state index in [4.69, 9.17) is 10.3 Å². The molecule has 4 rings (SSSR count). The van der Waals surface area contributed by atoms with Crippen LogP contribution in [0.4, 0.5) is 5.82 Å². The number of nitrogens with zero attached hydrogens (tertiary/aromatic N) is 4. The highest BCUT2D eigenvalue weighted by Gasteiger charge is 2.24.